The molecule has 0 amide bonds. The number of hydrogen-bond acceptors (Lipinski definition) is 7. The molecule has 0 atom stereocenters. The summed E-state index contributed by atoms with van der Waals surface area (Å²) in [6, 6.07) is 0. The van der Waals surface area contributed by atoms with E-state index in [-0.39, 0.29) is 29.7 Å². The smallest absolute Gasteiger partial charge is 0.194 e. The monoisotopic (exact) mass is 569 g/mol. The second kappa shape index (κ2) is 11.2. The Morgan fingerprint density at radius 2 is 1.94 bits per heavy atom. The highest BCUT2D eigenvalue weighted by Crippen LogP contribution is 2.23. The number of halogens is 1. The van der Waals surface area contributed by atoms with Gasteiger partial charge in [-0.2, -0.15) is 0 Å². The first kappa shape index (κ1) is 26.3. The first-order valence-electron chi connectivity index (χ1n) is 10.6. The van der Waals surface area contributed by atoms with Gasteiger partial charge in [0.05, 0.1) is 23.7 Å². The molecule has 0 aromatic carbocycles. The fourth-order valence-electron chi connectivity index (χ4n) is 3.65. The van der Waals surface area contributed by atoms with E-state index in [2.05, 4.69) is 25.3 Å². The van der Waals surface area contributed by atoms with Gasteiger partial charge in [0.15, 0.2) is 21.6 Å². The van der Waals surface area contributed by atoms with Gasteiger partial charge in [0, 0.05) is 39.8 Å². The van der Waals surface area contributed by atoms with Crippen molar-refractivity contribution in [3.8, 4) is 0 Å². The molecule has 0 unspecified atom stereocenters. The summed E-state index contributed by atoms with van der Waals surface area (Å²) >= 11 is 0. The van der Waals surface area contributed by atoms with Gasteiger partial charge >= 0.3 is 0 Å². The lowest BCUT2D eigenvalue weighted by molar-refractivity contribution is 0.0375. The molecule has 2 aliphatic rings. The Morgan fingerprint density at radius 1 is 1.23 bits per heavy atom. The summed E-state index contributed by atoms with van der Waals surface area (Å²) in [5.41, 5.74) is 0. The molecule has 3 rings (SSSR count). The fourth-order valence-corrected chi connectivity index (χ4v) is 5.02. The number of rotatable bonds is 6. The van der Waals surface area contributed by atoms with E-state index in [1.165, 1.54) is 0 Å². The first-order chi connectivity index (χ1) is 14.2. The quantitative estimate of drug-likeness (QED) is 0.228. The number of aromatic nitrogens is 3. The van der Waals surface area contributed by atoms with Crippen LogP contribution in [-0.2, 0) is 28.2 Å². The van der Waals surface area contributed by atoms with E-state index in [4.69, 9.17) is 9.73 Å². The predicted molar refractivity (Wildman–Crippen MR) is 132 cm³/mol. The summed E-state index contributed by atoms with van der Waals surface area (Å²) in [7, 11) is -1.18. The zero-order valence-electron chi connectivity index (χ0n) is 19.0. The molecule has 0 aliphatic carbocycles. The minimum Gasteiger partial charge on any atom is -0.379 e. The molecule has 1 aromatic heterocycles. The summed E-state index contributed by atoms with van der Waals surface area (Å²) in [5, 5.41) is 11.7. The Balaban J connectivity index is 0.00000341. The molecule has 3 heterocycles. The Hall–Kier alpha value is -0.990. The van der Waals surface area contributed by atoms with Crippen molar-refractivity contribution in [3.63, 3.8) is 0 Å². The molecule has 10 nitrogen and oxygen atoms in total. The molecule has 1 N–H and O–H groups in total. The average Bonchev–Trinajstić information content (AvgIpc) is 3.02. The van der Waals surface area contributed by atoms with E-state index in [1.54, 1.807) is 13.8 Å². The van der Waals surface area contributed by atoms with Crippen LogP contribution in [0.1, 0.15) is 31.9 Å². The molecule has 0 radical (unpaired) electrons. The fraction of sp³-hybridized carbons (Fsp3) is 0.842. The molecule has 31 heavy (non-hydrogen) atoms. The van der Waals surface area contributed by atoms with Crippen LogP contribution in [0.5, 0.6) is 0 Å². The highest BCUT2D eigenvalue weighted by molar-refractivity contribution is 14.0. The van der Waals surface area contributed by atoms with Gasteiger partial charge in [-0.1, -0.05) is 0 Å². The Kier molecular flexibility index (Phi) is 9.52. The third-order valence-electron chi connectivity index (χ3n) is 5.93. The number of ether oxygens (including phenoxy) is 1. The summed E-state index contributed by atoms with van der Waals surface area (Å²) in [4.78, 5) is 9.23. The van der Waals surface area contributed by atoms with Crippen LogP contribution in [0.15, 0.2) is 4.99 Å². The molecular weight excluding hydrogens is 533 g/mol. The van der Waals surface area contributed by atoms with Crippen molar-refractivity contribution >= 4 is 39.8 Å². The van der Waals surface area contributed by atoms with Crippen LogP contribution in [0, 0.1) is 6.92 Å². The van der Waals surface area contributed by atoms with Crippen molar-refractivity contribution in [2.45, 2.75) is 38.5 Å². The minimum atomic E-state index is -3.11. The maximum atomic E-state index is 12.4. The van der Waals surface area contributed by atoms with Crippen LogP contribution < -0.4 is 5.32 Å². The average molecular weight is 570 g/mol. The highest BCUT2D eigenvalue weighted by atomic mass is 127. The third-order valence-corrected chi connectivity index (χ3v) is 8.47. The van der Waals surface area contributed by atoms with Crippen LogP contribution in [0.3, 0.4) is 0 Å². The predicted octanol–water partition coefficient (Wildman–Crippen LogP) is 0.418. The van der Waals surface area contributed by atoms with Gasteiger partial charge < -0.3 is 19.5 Å². The van der Waals surface area contributed by atoms with E-state index >= 15 is 0 Å². The van der Waals surface area contributed by atoms with Gasteiger partial charge in [-0.25, -0.2) is 13.4 Å². The van der Waals surface area contributed by atoms with Crippen molar-refractivity contribution in [1.82, 2.24) is 29.9 Å². The lowest BCUT2D eigenvalue weighted by Crippen LogP contribution is -2.57. The maximum absolute atomic E-state index is 12.4. The molecule has 2 aliphatic heterocycles. The molecular formula is C19H36IN7O3S. The Morgan fingerprint density at radius 3 is 2.55 bits per heavy atom. The molecule has 0 saturated carbocycles. The molecule has 12 heteroatoms. The molecule has 2 fully saturated rings. The number of nitrogens with one attached hydrogen (secondary N) is 1. The first-order valence-corrected chi connectivity index (χ1v) is 12.3. The third kappa shape index (κ3) is 6.75. The number of morpholine rings is 1. The number of aryl methyl sites for hydroxylation is 1. The summed E-state index contributed by atoms with van der Waals surface area (Å²) in [6.07, 6.45) is 0.984. The minimum absolute atomic E-state index is 0. The SMILES string of the molecule is Cc1nnc(CN=C(NCCCN2CCOCC2)N2CCS(=O)(=O)C(C)(C)C2)n1C.I. The van der Waals surface area contributed by atoms with Crippen molar-refractivity contribution in [3.05, 3.63) is 11.6 Å². The zero-order valence-corrected chi connectivity index (χ0v) is 22.1. The molecule has 0 spiro atoms. The summed E-state index contributed by atoms with van der Waals surface area (Å²) in [5.74, 6) is 2.49. The Bertz CT molecular complexity index is 851. The van der Waals surface area contributed by atoms with Crippen LogP contribution in [0.25, 0.3) is 0 Å². The van der Waals surface area contributed by atoms with E-state index < -0.39 is 14.6 Å². The van der Waals surface area contributed by atoms with E-state index in [9.17, 15) is 8.42 Å². The lowest BCUT2D eigenvalue weighted by atomic mass is 10.2. The number of hydrogen-bond donors (Lipinski definition) is 1. The second-order valence-corrected chi connectivity index (χ2v) is 11.3. The number of sulfone groups is 1. The number of aliphatic imine (C=N–C) groups is 1. The molecule has 178 valence electrons. The second-order valence-electron chi connectivity index (χ2n) is 8.60. The molecule has 2 saturated heterocycles. The van der Waals surface area contributed by atoms with Gasteiger partial charge in [-0.05, 0) is 33.7 Å². The van der Waals surface area contributed by atoms with Gasteiger partial charge in [0.25, 0.3) is 0 Å². The van der Waals surface area contributed by atoms with Crippen LogP contribution in [0.2, 0.25) is 0 Å². The maximum Gasteiger partial charge on any atom is 0.194 e. The van der Waals surface area contributed by atoms with Gasteiger partial charge in [0.1, 0.15) is 12.4 Å². The van der Waals surface area contributed by atoms with E-state index in [0.29, 0.717) is 19.6 Å². The topological polar surface area (TPSA) is 105 Å². The van der Waals surface area contributed by atoms with Gasteiger partial charge in [0.2, 0.25) is 0 Å². The normalized spacial score (nSPS) is 21.5. The summed E-state index contributed by atoms with van der Waals surface area (Å²) < 4.78 is 31.3. The standard InChI is InChI=1S/C19H35N7O3S.HI/c1-16-22-23-17(24(16)4)14-21-18(20-6-5-7-25-8-11-29-12-9-25)26-10-13-30(27,28)19(2,3)15-26;/h5-15H2,1-4H3,(H,20,21);1H. The largest absolute Gasteiger partial charge is 0.379 e. The van der Waals surface area contributed by atoms with Crippen LogP contribution >= 0.6 is 24.0 Å². The van der Waals surface area contributed by atoms with Gasteiger partial charge in [-0.15, -0.1) is 34.2 Å². The van der Waals surface area contributed by atoms with Crippen molar-refractivity contribution in [2.24, 2.45) is 12.0 Å². The lowest BCUT2D eigenvalue weighted by Gasteiger charge is -2.39. The van der Waals surface area contributed by atoms with Crippen molar-refractivity contribution < 1.29 is 13.2 Å². The summed E-state index contributed by atoms with van der Waals surface area (Å²) in [6.45, 7) is 12.1. The zero-order chi connectivity index (χ0) is 21.8. The van der Waals surface area contributed by atoms with Crippen molar-refractivity contribution in [2.75, 3.05) is 58.2 Å². The van der Waals surface area contributed by atoms with Gasteiger partial charge in [-0.3, -0.25) is 4.90 Å². The van der Waals surface area contributed by atoms with Crippen molar-refractivity contribution in [1.29, 1.82) is 0 Å². The highest BCUT2D eigenvalue weighted by Gasteiger charge is 2.41. The van der Waals surface area contributed by atoms with E-state index in [0.717, 1.165) is 63.4 Å². The molecule has 1 aromatic rings. The van der Waals surface area contributed by atoms with Crippen LogP contribution in [0.4, 0.5) is 0 Å². The van der Waals surface area contributed by atoms with E-state index in [1.807, 2.05) is 18.5 Å². The number of nitrogens with zero attached hydrogens (tertiary/aromatic N) is 6. The Labute approximate surface area is 202 Å². The molecule has 0 bridgehead atoms. The number of guanidine groups is 1. The van der Waals surface area contributed by atoms with Crippen LogP contribution in [-0.4, -0.2) is 102 Å².